The number of aromatic nitrogens is 1. The molecular weight excluding hydrogens is 338 g/mol. The summed E-state index contributed by atoms with van der Waals surface area (Å²) in [5.41, 5.74) is 4.52. The molecule has 26 heavy (non-hydrogen) atoms. The average molecular weight is 353 g/mol. The van der Waals surface area contributed by atoms with Crippen molar-refractivity contribution >= 4 is 28.6 Å². The van der Waals surface area contributed by atoms with E-state index in [4.69, 9.17) is 14.4 Å². The van der Waals surface area contributed by atoms with E-state index < -0.39 is 5.91 Å². The number of aryl methyl sites for hydroxylation is 1. The summed E-state index contributed by atoms with van der Waals surface area (Å²) in [6.45, 7) is 1.98. The number of ether oxygens (including phenoxy) is 1. The van der Waals surface area contributed by atoms with Gasteiger partial charge in [-0.3, -0.25) is 14.8 Å². The van der Waals surface area contributed by atoms with Gasteiger partial charge >= 0.3 is 0 Å². The third-order valence-corrected chi connectivity index (χ3v) is 4.17. The van der Waals surface area contributed by atoms with Crippen molar-refractivity contribution in [3.05, 3.63) is 53.4 Å². The van der Waals surface area contributed by atoms with Crippen molar-refractivity contribution in [1.82, 2.24) is 10.5 Å². The Balaban J connectivity index is 1.71. The number of anilines is 1. The lowest BCUT2D eigenvalue weighted by atomic mass is 10.1. The molecule has 2 N–H and O–H groups in total. The summed E-state index contributed by atoms with van der Waals surface area (Å²) >= 11 is 0. The second-order valence-electron chi connectivity index (χ2n) is 5.93. The molecule has 1 aromatic heterocycles. The number of oxazole rings is 1. The predicted molar refractivity (Wildman–Crippen MR) is 91.1 cm³/mol. The Morgan fingerprint density at radius 2 is 2.15 bits per heavy atom. The maximum absolute atomic E-state index is 12.4. The Morgan fingerprint density at radius 1 is 1.31 bits per heavy atom. The number of hydrogen-bond donors (Lipinski definition) is 2. The molecule has 0 saturated heterocycles. The second kappa shape index (κ2) is 6.16. The molecule has 3 aromatic rings. The van der Waals surface area contributed by atoms with Crippen LogP contribution in [0.4, 0.5) is 5.69 Å². The molecule has 0 aliphatic carbocycles. The average Bonchev–Trinajstić information content (AvgIpc) is 3.02. The van der Waals surface area contributed by atoms with Gasteiger partial charge in [0.05, 0.1) is 12.2 Å². The van der Waals surface area contributed by atoms with Crippen molar-refractivity contribution in [1.29, 1.82) is 0 Å². The highest BCUT2D eigenvalue weighted by atomic mass is 16.5. The fraction of sp³-hybridized carbons (Fsp3) is 0.167. The van der Waals surface area contributed by atoms with E-state index in [1.54, 1.807) is 18.5 Å². The van der Waals surface area contributed by atoms with Gasteiger partial charge in [0.2, 0.25) is 0 Å². The van der Waals surface area contributed by atoms with Crippen LogP contribution < -0.4 is 15.1 Å². The number of hydrogen-bond acceptors (Lipinski definition) is 6. The third kappa shape index (κ3) is 2.76. The van der Waals surface area contributed by atoms with Crippen LogP contribution in [0.3, 0.4) is 0 Å². The lowest BCUT2D eigenvalue weighted by molar-refractivity contribution is -0.121. The number of benzene rings is 2. The molecule has 1 aliphatic rings. The standard InChI is InChI=1S/C18H15N3O5/c1-10-19-13-4-2-11(6-16(13)26-10)8-21-14-7-12(18(23)20-24)3-5-15(14)25-9-17(21)22/h2-7,24H,8-9H2,1H3,(H,20,23). The van der Waals surface area contributed by atoms with E-state index in [-0.39, 0.29) is 24.6 Å². The van der Waals surface area contributed by atoms with E-state index in [1.807, 2.05) is 18.2 Å². The van der Waals surface area contributed by atoms with Crippen LogP contribution in [-0.2, 0) is 11.3 Å². The van der Waals surface area contributed by atoms with Crippen molar-refractivity contribution in [3.8, 4) is 5.75 Å². The smallest absolute Gasteiger partial charge is 0.274 e. The van der Waals surface area contributed by atoms with Crippen molar-refractivity contribution in [2.75, 3.05) is 11.5 Å². The van der Waals surface area contributed by atoms with E-state index in [0.717, 1.165) is 11.1 Å². The Kier molecular flexibility index (Phi) is 3.81. The van der Waals surface area contributed by atoms with Crippen LogP contribution in [0.2, 0.25) is 0 Å². The number of nitrogens with one attached hydrogen (secondary N) is 1. The maximum Gasteiger partial charge on any atom is 0.274 e. The van der Waals surface area contributed by atoms with Gasteiger partial charge in [0, 0.05) is 12.5 Å². The summed E-state index contributed by atoms with van der Waals surface area (Å²) in [5.74, 6) is 0.178. The summed E-state index contributed by atoms with van der Waals surface area (Å²) < 4.78 is 11.0. The fourth-order valence-electron chi connectivity index (χ4n) is 2.95. The quantitative estimate of drug-likeness (QED) is 0.552. The van der Waals surface area contributed by atoms with E-state index in [9.17, 15) is 9.59 Å². The monoisotopic (exact) mass is 353 g/mol. The first-order valence-electron chi connectivity index (χ1n) is 7.93. The Labute approximate surface area is 147 Å². The molecule has 8 nitrogen and oxygen atoms in total. The second-order valence-corrected chi connectivity index (χ2v) is 5.93. The van der Waals surface area contributed by atoms with Gasteiger partial charge in [-0.2, -0.15) is 0 Å². The number of rotatable bonds is 3. The zero-order valence-corrected chi connectivity index (χ0v) is 13.9. The molecule has 1 aliphatic heterocycles. The predicted octanol–water partition coefficient (Wildman–Crippen LogP) is 2.18. The Hall–Kier alpha value is -3.39. The summed E-state index contributed by atoms with van der Waals surface area (Å²) in [6, 6.07) is 10.2. The van der Waals surface area contributed by atoms with Crippen LogP contribution >= 0.6 is 0 Å². The van der Waals surface area contributed by atoms with E-state index >= 15 is 0 Å². The minimum Gasteiger partial charge on any atom is -0.482 e. The van der Waals surface area contributed by atoms with Crippen molar-refractivity contribution in [2.45, 2.75) is 13.5 Å². The van der Waals surface area contributed by atoms with Gasteiger partial charge in [-0.05, 0) is 35.9 Å². The van der Waals surface area contributed by atoms with Gasteiger partial charge in [0.1, 0.15) is 11.3 Å². The summed E-state index contributed by atoms with van der Waals surface area (Å²) in [7, 11) is 0. The first-order chi connectivity index (χ1) is 12.5. The molecule has 0 saturated carbocycles. The number of hydroxylamine groups is 1. The number of carbonyl (C=O) groups excluding carboxylic acids is 2. The van der Waals surface area contributed by atoms with E-state index in [1.165, 1.54) is 17.0 Å². The minimum absolute atomic E-state index is 0.0811. The van der Waals surface area contributed by atoms with Crippen molar-refractivity contribution in [3.63, 3.8) is 0 Å². The molecule has 0 spiro atoms. The van der Waals surface area contributed by atoms with E-state index in [0.29, 0.717) is 22.9 Å². The molecule has 0 unspecified atom stereocenters. The zero-order valence-electron chi connectivity index (χ0n) is 13.9. The molecule has 0 atom stereocenters. The molecule has 0 fully saturated rings. The van der Waals surface area contributed by atoms with Crippen LogP contribution in [-0.4, -0.2) is 28.6 Å². The number of amides is 2. The van der Waals surface area contributed by atoms with Crippen LogP contribution in [0.25, 0.3) is 11.1 Å². The summed E-state index contributed by atoms with van der Waals surface area (Å²) in [4.78, 5) is 29.9. The molecule has 8 heteroatoms. The Bertz CT molecular complexity index is 1030. The van der Waals surface area contributed by atoms with Crippen LogP contribution in [0.5, 0.6) is 5.75 Å². The lowest BCUT2D eigenvalue weighted by Crippen LogP contribution is -2.38. The summed E-state index contributed by atoms with van der Waals surface area (Å²) in [5, 5.41) is 8.82. The molecule has 0 radical (unpaired) electrons. The molecule has 4 rings (SSSR count). The molecule has 132 valence electrons. The molecule has 2 aromatic carbocycles. The number of carbonyl (C=O) groups is 2. The first-order valence-corrected chi connectivity index (χ1v) is 7.93. The van der Waals surface area contributed by atoms with Gasteiger partial charge in [0.15, 0.2) is 18.1 Å². The van der Waals surface area contributed by atoms with Crippen LogP contribution in [0, 0.1) is 6.92 Å². The molecular formula is C18H15N3O5. The minimum atomic E-state index is -0.663. The number of nitrogens with zero attached hydrogens (tertiary/aromatic N) is 2. The van der Waals surface area contributed by atoms with Crippen molar-refractivity contribution < 1.29 is 24.0 Å². The SMILES string of the molecule is Cc1nc2ccc(CN3C(=O)COc4ccc(C(=O)NO)cc43)cc2o1. The highest BCUT2D eigenvalue weighted by Gasteiger charge is 2.27. The van der Waals surface area contributed by atoms with Gasteiger partial charge in [-0.25, -0.2) is 10.5 Å². The van der Waals surface area contributed by atoms with E-state index in [2.05, 4.69) is 4.98 Å². The molecule has 2 heterocycles. The Morgan fingerprint density at radius 3 is 2.96 bits per heavy atom. The summed E-state index contributed by atoms with van der Waals surface area (Å²) in [6.07, 6.45) is 0. The zero-order chi connectivity index (χ0) is 18.3. The highest BCUT2D eigenvalue weighted by Crippen LogP contribution is 2.34. The van der Waals surface area contributed by atoms with Gasteiger partial charge in [-0.15, -0.1) is 0 Å². The van der Waals surface area contributed by atoms with Gasteiger partial charge < -0.3 is 14.1 Å². The maximum atomic E-state index is 12.4. The van der Waals surface area contributed by atoms with Gasteiger partial charge in [0.25, 0.3) is 11.8 Å². The van der Waals surface area contributed by atoms with Crippen LogP contribution in [0.1, 0.15) is 21.8 Å². The third-order valence-electron chi connectivity index (χ3n) is 4.17. The first kappa shape index (κ1) is 16.1. The van der Waals surface area contributed by atoms with Crippen LogP contribution in [0.15, 0.2) is 40.8 Å². The molecule has 0 bridgehead atoms. The van der Waals surface area contributed by atoms with Crippen molar-refractivity contribution in [2.24, 2.45) is 0 Å². The lowest BCUT2D eigenvalue weighted by Gasteiger charge is -2.29. The fourth-order valence-corrected chi connectivity index (χ4v) is 2.95. The largest absolute Gasteiger partial charge is 0.482 e. The molecule has 2 amide bonds. The highest BCUT2D eigenvalue weighted by molar-refractivity contribution is 6.01. The number of fused-ring (bicyclic) bond motifs is 2. The van der Waals surface area contributed by atoms with Gasteiger partial charge in [-0.1, -0.05) is 6.07 Å². The topological polar surface area (TPSA) is 105 Å². The normalized spacial score (nSPS) is 13.5.